The van der Waals surface area contributed by atoms with Gasteiger partial charge in [-0.15, -0.1) is 0 Å². The molecule has 114 valence electrons. The first-order chi connectivity index (χ1) is 10.2. The fourth-order valence-corrected chi connectivity index (χ4v) is 2.52. The van der Waals surface area contributed by atoms with Crippen molar-refractivity contribution in [3.05, 3.63) is 22.8 Å². The first-order valence-electron chi connectivity index (χ1n) is 6.64. The van der Waals surface area contributed by atoms with Crippen LogP contribution in [0, 0.1) is 0 Å². The Kier molecular flexibility index (Phi) is 5.09. The summed E-state index contributed by atoms with van der Waals surface area (Å²) < 4.78 is 16.2. The van der Waals surface area contributed by atoms with Crippen LogP contribution in [0.2, 0.25) is 5.15 Å². The van der Waals surface area contributed by atoms with Gasteiger partial charge in [0, 0.05) is 11.5 Å². The zero-order chi connectivity index (χ0) is 15.4. The van der Waals surface area contributed by atoms with Gasteiger partial charge >= 0.3 is 0 Å². The molecule has 0 saturated carbocycles. The highest BCUT2D eigenvalue weighted by Crippen LogP contribution is 2.43. The Morgan fingerprint density at radius 2 is 1.81 bits per heavy atom. The second-order valence-electron chi connectivity index (χ2n) is 4.54. The number of pyridine rings is 1. The molecule has 0 radical (unpaired) electrons. The standard InChI is InChI=1S/C15H19ClN2O3/c1-19-12-8-11-10(13(20-2)14(12)21-3)7-9(5-4-6-17)15(16)18-11/h7-8H,4-6,17H2,1-3H3. The zero-order valence-electron chi connectivity index (χ0n) is 12.4. The molecule has 1 aromatic heterocycles. The molecule has 2 rings (SSSR count). The van der Waals surface area contributed by atoms with Gasteiger partial charge < -0.3 is 19.9 Å². The molecule has 21 heavy (non-hydrogen) atoms. The van der Waals surface area contributed by atoms with E-state index in [4.69, 9.17) is 31.5 Å². The first kappa shape index (κ1) is 15.7. The van der Waals surface area contributed by atoms with Gasteiger partial charge in [0.1, 0.15) is 5.15 Å². The number of halogens is 1. The summed E-state index contributed by atoms with van der Waals surface area (Å²) in [5.41, 5.74) is 7.20. The molecule has 0 aliphatic heterocycles. The molecule has 1 heterocycles. The monoisotopic (exact) mass is 310 g/mol. The molecule has 0 aliphatic rings. The highest BCUT2D eigenvalue weighted by atomic mass is 35.5. The van der Waals surface area contributed by atoms with Crippen LogP contribution < -0.4 is 19.9 Å². The maximum absolute atomic E-state index is 6.24. The minimum atomic E-state index is 0.477. The van der Waals surface area contributed by atoms with Gasteiger partial charge in [0.25, 0.3) is 0 Å². The van der Waals surface area contributed by atoms with Crippen molar-refractivity contribution < 1.29 is 14.2 Å². The molecule has 2 aromatic rings. The largest absolute Gasteiger partial charge is 0.493 e. The number of ether oxygens (including phenoxy) is 3. The van der Waals surface area contributed by atoms with Crippen molar-refractivity contribution in [2.45, 2.75) is 12.8 Å². The van der Waals surface area contributed by atoms with Gasteiger partial charge in [0.05, 0.1) is 26.8 Å². The van der Waals surface area contributed by atoms with E-state index in [1.807, 2.05) is 6.07 Å². The van der Waals surface area contributed by atoms with Crippen LogP contribution in [0.25, 0.3) is 10.9 Å². The second-order valence-corrected chi connectivity index (χ2v) is 4.90. The third-order valence-corrected chi connectivity index (χ3v) is 3.63. The van der Waals surface area contributed by atoms with Crippen LogP contribution in [0.4, 0.5) is 0 Å². The molecule has 0 amide bonds. The maximum atomic E-state index is 6.24. The van der Waals surface area contributed by atoms with Crippen LogP contribution in [-0.4, -0.2) is 32.9 Å². The minimum absolute atomic E-state index is 0.477. The summed E-state index contributed by atoms with van der Waals surface area (Å²) in [6, 6.07) is 3.76. The fraction of sp³-hybridized carbons (Fsp3) is 0.400. The van der Waals surface area contributed by atoms with Crippen molar-refractivity contribution in [3.8, 4) is 17.2 Å². The topological polar surface area (TPSA) is 66.6 Å². The SMILES string of the molecule is COc1cc2nc(Cl)c(CCCN)cc2c(OC)c1OC. The lowest BCUT2D eigenvalue weighted by molar-refractivity contribution is 0.327. The lowest BCUT2D eigenvalue weighted by Crippen LogP contribution is -2.02. The Hall–Kier alpha value is -1.72. The average Bonchev–Trinajstić information content (AvgIpc) is 2.50. The lowest BCUT2D eigenvalue weighted by Gasteiger charge is -2.15. The van der Waals surface area contributed by atoms with E-state index < -0.39 is 0 Å². The van der Waals surface area contributed by atoms with Crippen molar-refractivity contribution in [1.82, 2.24) is 4.98 Å². The molecule has 6 heteroatoms. The van der Waals surface area contributed by atoms with E-state index in [0.29, 0.717) is 34.5 Å². The summed E-state index contributed by atoms with van der Waals surface area (Å²) in [5.74, 6) is 1.69. The highest BCUT2D eigenvalue weighted by Gasteiger charge is 2.18. The molecule has 0 spiro atoms. The van der Waals surface area contributed by atoms with Crippen LogP contribution in [0.3, 0.4) is 0 Å². The highest BCUT2D eigenvalue weighted by molar-refractivity contribution is 6.30. The van der Waals surface area contributed by atoms with E-state index in [9.17, 15) is 0 Å². The minimum Gasteiger partial charge on any atom is -0.493 e. The van der Waals surface area contributed by atoms with Crippen molar-refractivity contribution >= 4 is 22.5 Å². The normalized spacial score (nSPS) is 10.7. The third kappa shape index (κ3) is 2.99. The Morgan fingerprint density at radius 3 is 2.38 bits per heavy atom. The third-order valence-electron chi connectivity index (χ3n) is 3.30. The molecule has 5 nitrogen and oxygen atoms in total. The molecule has 0 fully saturated rings. The molecule has 0 atom stereocenters. The molecule has 1 aromatic carbocycles. The first-order valence-corrected chi connectivity index (χ1v) is 7.02. The predicted molar refractivity (Wildman–Crippen MR) is 83.8 cm³/mol. The summed E-state index contributed by atoms with van der Waals surface area (Å²) in [6.07, 6.45) is 1.62. The summed E-state index contributed by atoms with van der Waals surface area (Å²) >= 11 is 6.24. The Labute approximate surface area is 129 Å². The van der Waals surface area contributed by atoms with Gasteiger partial charge in [0.2, 0.25) is 5.75 Å². The van der Waals surface area contributed by atoms with Crippen molar-refractivity contribution in [1.29, 1.82) is 0 Å². The molecule has 0 aliphatic carbocycles. The maximum Gasteiger partial charge on any atom is 0.204 e. The quantitative estimate of drug-likeness (QED) is 0.831. The van der Waals surface area contributed by atoms with Gasteiger partial charge in [-0.3, -0.25) is 0 Å². The molecule has 0 bridgehead atoms. The summed E-state index contributed by atoms with van der Waals surface area (Å²) in [5, 5.41) is 1.32. The lowest BCUT2D eigenvalue weighted by atomic mass is 10.1. The van der Waals surface area contributed by atoms with E-state index in [-0.39, 0.29) is 0 Å². The number of nitrogens with two attached hydrogens (primary N) is 1. The number of fused-ring (bicyclic) bond motifs is 1. The molecule has 0 saturated heterocycles. The number of benzene rings is 1. The molecular weight excluding hydrogens is 292 g/mol. The Morgan fingerprint density at radius 1 is 1.10 bits per heavy atom. The van der Waals surface area contributed by atoms with Crippen molar-refractivity contribution in [3.63, 3.8) is 0 Å². The van der Waals surface area contributed by atoms with Gasteiger partial charge in [-0.2, -0.15) is 0 Å². The smallest absolute Gasteiger partial charge is 0.204 e. The predicted octanol–water partition coefficient (Wildman–Crippen LogP) is 2.81. The van der Waals surface area contributed by atoms with E-state index in [1.54, 1.807) is 27.4 Å². The average molecular weight is 311 g/mol. The number of methoxy groups -OCH3 is 3. The van der Waals surface area contributed by atoms with Gasteiger partial charge in [-0.25, -0.2) is 4.98 Å². The van der Waals surface area contributed by atoms with Gasteiger partial charge in [0.15, 0.2) is 11.5 Å². The van der Waals surface area contributed by atoms with Gasteiger partial charge in [-0.1, -0.05) is 11.6 Å². The van der Waals surface area contributed by atoms with Crippen LogP contribution >= 0.6 is 11.6 Å². The number of rotatable bonds is 6. The number of hydrogen-bond donors (Lipinski definition) is 1. The van der Waals surface area contributed by atoms with E-state index in [2.05, 4.69) is 4.98 Å². The van der Waals surface area contributed by atoms with Crippen LogP contribution in [0.1, 0.15) is 12.0 Å². The van der Waals surface area contributed by atoms with Crippen LogP contribution in [0.15, 0.2) is 12.1 Å². The summed E-state index contributed by atoms with van der Waals surface area (Å²) in [7, 11) is 4.73. The number of aryl methyl sites for hydroxylation is 1. The molecule has 0 unspecified atom stereocenters. The van der Waals surface area contributed by atoms with E-state index in [1.165, 1.54) is 0 Å². The Balaban J connectivity index is 2.69. The van der Waals surface area contributed by atoms with Gasteiger partial charge in [-0.05, 0) is 31.0 Å². The molecular formula is C15H19ClN2O3. The number of aromatic nitrogens is 1. The van der Waals surface area contributed by atoms with Crippen LogP contribution in [0.5, 0.6) is 17.2 Å². The number of hydrogen-bond acceptors (Lipinski definition) is 5. The second kappa shape index (κ2) is 6.83. The van der Waals surface area contributed by atoms with Crippen molar-refractivity contribution in [2.24, 2.45) is 5.73 Å². The van der Waals surface area contributed by atoms with Crippen LogP contribution in [-0.2, 0) is 6.42 Å². The van der Waals surface area contributed by atoms with E-state index >= 15 is 0 Å². The number of nitrogens with zero attached hydrogens (tertiary/aromatic N) is 1. The Bertz CT molecular complexity index is 647. The zero-order valence-corrected chi connectivity index (χ0v) is 13.2. The van der Waals surface area contributed by atoms with Crippen molar-refractivity contribution in [2.75, 3.05) is 27.9 Å². The summed E-state index contributed by atoms with van der Waals surface area (Å²) in [4.78, 5) is 4.43. The summed E-state index contributed by atoms with van der Waals surface area (Å²) in [6.45, 7) is 0.609. The fourth-order valence-electron chi connectivity index (χ4n) is 2.28. The molecule has 2 N–H and O–H groups in total. The van der Waals surface area contributed by atoms with E-state index in [0.717, 1.165) is 23.8 Å².